The summed E-state index contributed by atoms with van der Waals surface area (Å²) < 4.78 is 45.4. The molecule has 1 aliphatic rings. The predicted molar refractivity (Wildman–Crippen MR) is 136 cm³/mol. The topological polar surface area (TPSA) is 46.2 Å². The zero-order valence-electron chi connectivity index (χ0n) is 20.4. The molecule has 3 aromatic rings. The number of hydrogen-bond donors (Lipinski definition) is 0. The van der Waals surface area contributed by atoms with Gasteiger partial charge < -0.3 is 23.7 Å². The number of alkyl halides is 1. The van der Waals surface area contributed by atoms with Crippen LogP contribution in [0.3, 0.4) is 0 Å². The molecule has 1 fully saturated rings. The Hall–Kier alpha value is -3.03. The molecular formula is C30H33FO5. The lowest BCUT2D eigenvalue weighted by Gasteiger charge is -2.43. The number of allylic oxidation sites excluding steroid dienone is 1. The fourth-order valence-electron chi connectivity index (χ4n) is 4.10. The van der Waals surface area contributed by atoms with Gasteiger partial charge in [0.1, 0.15) is 18.3 Å². The smallest absolute Gasteiger partial charge is 0.239 e. The Balaban J connectivity index is 1.52. The first-order valence-electron chi connectivity index (χ1n) is 12.2. The van der Waals surface area contributed by atoms with Gasteiger partial charge in [-0.15, -0.1) is 0 Å². The lowest BCUT2D eigenvalue weighted by molar-refractivity contribution is -0.288. The van der Waals surface area contributed by atoms with E-state index < -0.39 is 30.8 Å². The van der Waals surface area contributed by atoms with Crippen LogP contribution in [0.4, 0.5) is 4.39 Å². The van der Waals surface area contributed by atoms with Gasteiger partial charge in [-0.2, -0.15) is 0 Å². The summed E-state index contributed by atoms with van der Waals surface area (Å²) in [4.78, 5) is 0. The van der Waals surface area contributed by atoms with E-state index in [0.29, 0.717) is 13.2 Å². The molecule has 0 bridgehead atoms. The Morgan fingerprint density at radius 1 is 0.694 bits per heavy atom. The maximum atomic E-state index is 15.3. The second-order valence-electron chi connectivity index (χ2n) is 8.62. The van der Waals surface area contributed by atoms with E-state index in [9.17, 15) is 0 Å². The van der Waals surface area contributed by atoms with Gasteiger partial charge in [-0.05, 0) is 23.6 Å². The minimum Gasteiger partial charge on any atom is -0.490 e. The van der Waals surface area contributed by atoms with Crippen molar-refractivity contribution in [3.05, 3.63) is 120 Å². The van der Waals surface area contributed by atoms with Crippen molar-refractivity contribution in [2.45, 2.75) is 57.5 Å². The van der Waals surface area contributed by atoms with E-state index in [2.05, 4.69) is 0 Å². The Kier molecular flexibility index (Phi) is 10.1. The summed E-state index contributed by atoms with van der Waals surface area (Å²) in [5.74, 6) is 0. The summed E-state index contributed by atoms with van der Waals surface area (Å²) in [6, 6.07) is 29.4. The molecule has 1 aliphatic heterocycles. The summed E-state index contributed by atoms with van der Waals surface area (Å²) in [5.41, 5.74) is 3.00. The monoisotopic (exact) mass is 492 g/mol. The molecule has 1 saturated heterocycles. The first-order chi connectivity index (χ1) is 17.7. The molecule has 0 saturated carbocycles. The normalized spacial score (nSPS) is 24.1. The molecule has 0 amide bonds. The Morgan fingerprint density at radius 3 is 1.72 bits per heavy atom. The molecular weight excluding hydrogens is 459 g/mol. The van der Waals surface area contributed by atoms with Gasteiger partial charge in [-0.1, -0.05) is 97.1 Å². The minimum atomic E-state index is -1.70. The fourth-order valence-corrected chi connectivity index (χ4v) is 4.10. The van der Waals surface area contributed by atoms with Crippen LogP contribution in [0.25, 0.3) is 0 Å². The van der Waals surface area contributed by atoms with Crippen LogP contribution in [0.15, 0.2) is 103 Å². The highest BCUT2D eigenvalue weighted by Crippen LogP contribution is 2.31. The van der Waals surface area contributed by atoms with Crippen molar-refractivity contribution in [1.82, 2.24) is 0 Å². The Labute approximate surface area is 212 Å². The predicted octanol–water partition coefficient (Wildman–Crippen LogP) is 5.99. The van der Waals surface area contributed by atoms with Gasteiger partial charge in [-0.3, -0.25) is 0 Å². The molecule has 0 N–H and O–H groups in total. The van der Waals surface area contributed by atoms with E-state index >= 15 is 4.39 Å². The quantitative estimate of drug-likeness (QED) is 0.291. The lowest BCUT2D eigenvalue weighted by Crippen LogP contribution is -2.59. The molecule has 0 spiro atoms. The van der Waals surface area contributed by atoms with Crippen molar-refractivity contribution in [3.63, 3.8) is 0 Å². The van der Waals surface area contributed by atoms with Gasteiger partial charge in [0.05, 0.1) is 32.7 Å². The highest BCUT2D eigenvalue weighted by molar-refractivity contribution is 5.15. The minimum absolute atomic E-state index is 0.149. The Bertz CT molecular complexity index is 1030. The summed E-state index contributed by atoms with van der Waals surface area (Å²) >= 11 is 0. The summed E-state index contributed by atoms with van der Waals surface area (Å²) in [7, 11) is 0. The van der Waals surface area contributed by atoms with E-state index in [1.807, 2.05) is 91.0 Å². The van der Waals surface area contributed by atoms with Gasteiger partial charge in [-0.25, -0.2) is 4.39 Å². The van der Waals surface area contributed by atoms with Crippen LogP contribution >= 0.6 is 0 Å². The molecule has 5 atom stereocenters. The van der Waals surface area contributed by atoms with Crippen molar-refractivity contribution >= 4 is 0 Å². The van der Waals surface area contributed by atoms with Crippen LogP contribution in [0.1, 0.15) is 23.6 Å². The van der Waals surface area contributed by atoms with Crippen LogP contribution < -0.4 is 0 Å². The van der Waals surface area contributed by atoms with E-state index in [1.165, 1.54) is 6.26 Å². The number of benzene rings is 3. The van der Waals surface area contributed by atoms with Gasteiger partial charge in [0.25, 0.3) is 0 Å². The van der Waals surface area contributed by atoms with Gasteiger partial charge in [0.15, 0.2) is 6.10 Å². The molecule has 36 heavy (non-hydrogen) atoms. The Morgan fingerprint density at radius 2 is 1.19 bits per heavy atom. The maximum absolute atomic E-state index is 15.3. The second kappa shape index (κ2) is 13.9. The molecule has 0 aliphatic carbocycles. The number of hydrogen-bond acceptors (Lipinski definition) is 5. The SMILES string of the molecule is C/C=C/O[C@@H]1[C@@H](OCc2ccccc2)[C@H](OCc2ccccc2)[C@@H](COCc2ccccc2)O[C@H]1F. The van der Waals surface area contributed by atoms with Crippen molar-refractivity contribution in [2.75, 3.05) is 6.61 Å². The molecule has 1 heterocycles. The highest BCUT2D eigenvalue weighted by Gasteiger charge is 2.49. The third kappa shape index (κ3) is 7.48. The van der Waals surface area contributed by atoms with Crippen LogP contribution in [-0.2, 0) is 43.5 Å². The zero-order valence-corrected chi connectivity index (χ0v) is 20.4. The third-order valence-corrected chi connectivity index (χ3v) is 5.91. The van der Waals surface area contributed by atoms with Crippen molar-refractivity contribution in [2.24, 2.45) is 0 Å². The van der Waals surface area contributed by atoms with E-state index in [4.69, 9.17) is 23.7 Å². The molecule has 0 unspecified atom stereocenters. The first-order valence-corrected chi connectivity index (χ1v) is 12.2. The summed E-state index contributed by atoms with van der Waals surface area (Å²) in [5, 5.41) is 0. The maximum Gasteiger partial charge on any atom is 0.239 e. The molecule has 5 nitrogen and oxygen atoms in total. The summed E-state index contributed by atoms with van der Waals surface area (Å²) in [6.07, 6.45) is -1.56. The van der Waals surface area contributed by atoms with E-state index in [1.54, 1.807) is 13.0 Å². The first kappa shape index (κ1) is 26.0. The van der Waals surface area contributed by atoms with Gasteiger partial charge in [0.2, 0.25) is 6.36 Å². The average Bonchev–Trinajstić information content (AvgIpc) is 2.92. The summed E-state index contributed by atoms with van der Waals surface area (Å²) in [6.45, 7) is 2.95. The highest BCUT2D eigenvalue weighted by atomic mass is 19.1. The van der Waals surface area contributed by atoms with E-state index in [-0.39, 0.29) is 13.2 Å². The lowest BCUT2D eigenvalue weighted by atomic mass is 9.98. The van der Waals surface area contributed by atoms with Crippen molar-refractivity contribution in [3.8, 4) is 0 Å². The largest absolute Gasteiger partial charge is 0.490 e. The molecule has 190 valence electrons. The standard InChI is InChI=1S/C30H33FO5/c1-2-18-33-29-28(35-21-25-16-10-5-11-17-25)27(34-20-24-14-8-4-9-15-24)26(36-30(29)31)22-32-19-23-12-6-3-7-13-23/h2-18,26-30H,19-22H2,1H3/b18-2+/t26-,27-,28+,29-,30-/m1/s1. The molecule has 6 heteroatoms. The molecule has 4 rings (SSSR count). The number of ether oxygens (including phenoxy) is 5. The number of rotatable bonds is 12. The van der Waals surface area contributed by atoms with Crippen LogP contribution in [0.2, 0.25) is 0 Å². The third-order valence-electron chi connectivity index (χ3n) is 5.91. The van der Waals surface area contributed by atoms with E-state index in [0.717, 1.165) is 16.7 Å². The second-order valence-corrected chi connectivity index (χ2v) is 8.62. The molecule has 0 radical (unpaired) electrons. The fraction of sp³-hybridized carbons (Fsp3) is 0.333. The van der Waals surface area contributed by atoms with Crippen molar-refractivity contribution in [1.29, 1.82) is 0 Å². The molecule has 3 aromatic carbocycles. The van der Waals surface area contributed by atoms with Crippen LogP contribution in [0.5, 0.6) is 0 Å². The van der Waals surface area contributed by atoms with Gasteiger partial charge >= 0.3 is 0 Å². The number of halogens is 1. The van der Waals surface area contributed by atoms with Crippen molar-refractivity contribution < 1.29 is 28.1 Å². The average molecular weight is 493 g/mol. The van der Waals surface area contributed by atoms with Crippen LogP contribution in [-0.4, -0.2) is 37.4 Å². The molecule has 0 aromatic heterocycles. The van der Waals surface area contributed by atoms with Crippen LogP contribution in [0, 0.1) is 0 Å². The van der Waals surface area contributed by atoms with Gasteiger partial charge in [0, 0.05) is 0 Å². The zero-order chi connectivity index (χ0) is 25.0.